The average Bonchev–Trinajstić information content (AvgIpc) is 3.23. The monoisotopic (exact) mass is 366 g/mol. The number of nitrogens with one attached hydrogen (secondary N) is 1. The predicted octanol–water partition coefficient (Wildman–Crippen LogP) is 2.56. The minimum atomic E-state index is -0.517. The smallest absolute Gasteiger partial charge is 0.263 e. The molecule has 0 saturated carbocycles. The van der Waals surface area contributed by atoms with E-state index in [2.05, 4.69) is 10.3 Å². The molecule has 3 heterocycles. The van der Waals surface area contributed by atoms with E-state index in [-0.39, 0.29) is 11.9 Å². The molecule has 1 N–H and O–H groups in total. The Kier molecular flexibility index (Phi) is 5.07. The Labute approximate surface area is 160 Å². The largest absolute Gasteiger partial charge is 0.481 e. The third kappa shape index (κ3) is 3.95. The van der Waals surface area contributed by atoms with E-state index in [4.69, 9.17) is 9.72 Å². The zero-order chi connectivity index (χ0) is 18.8. The fourth-order valence-corrected chi connectivity index (χ4v) is 3.72. The van der Waals surface area contributed by atoms with Crippen molar-refractivity contribution in [2.45, 2.75) is 51.8 Å². The number of aryl methyl sites for hydroxylation is 1. The van der Waals surface area contributed by atoms with E-state index >= 15 is 0 Å². The zero-order valence-corrected chi connectivity index (χ0v) is 15.9. The van der Waals surface area contributed by atoms with Gasteiger partial charge in [0.1, 0.15) is 11.6 Å². The van der Waals surface area contributed by atoms with Crippen molar-refractivity contribution in [2.75, 3.05) is 13.1 Å². The maximum absolute atomic E-state index is 12.8. The van der Waals surface area contributed by atoms with Crippen LogP contribution in [-0.2, 0) is 17.8 Å². The summed E-state index contributed by atoms with van der Waals surface area (Å²) < 4.78 is 5.83. The summed E-state index contributed by atoms with van der Waals surface area (Å²) in [5, 5.41) is 3.44. The minimum Gasteiger partial charge on any atom is -0.481 e. The first kappa shape index (κ1) is 17.9. The second-order valence-corrected chi connectivity index (χ2v) is 7.43. The van der Waals surface area contributed by atoms with Crippen molar-refractivity contribution < 1.29 is 9.53 Å². The van der Waals surface area contributed by atoms with Crippen LogP contribution >= 0.6 is 0 Å². The molecule has 0 radical (unpaired) electrons. The highest BCUT2D eigenvalue weighted by Crippen LogP contribution is 2.24. The van der Waals surface area contributed by atoms with E-state index in [1.54, 1.807) is 0 Å². The topological polar surface area (TPSA) is 67.3 Å². The van der Waals surface area contributed by atoms with E-state index in [1.807, 2.05) is 49.2 Å². The van der Waals surface area contributed by atoms with Gasteiger partial charge in [0.25, 0.3) is 5.91 Å². The molecule has 27 heavy (non-hydrogen) atoms. The normalized spacial score (nSPS) is 20.2. The van der Waals surface area contributed by atoms with Crippen molar-refractivity contribution in [3.05, 3.63) is 53.1 Å². The number of carbonyl (C=O) groups excluding carboxylic acids is 1. The Balaban J connectivity index is 1.40. The number of hydrogen-bond donors (Lipinski definition) is 1. The van der Waals surface area contributed by atoms with Gasteiger partial charge in [0.15, 0.2) is 6.10 Å². The molecule has 2 aromatic rings. The maximum atomic E-state index is 12.8. The number of rotatable bonds is 4. The number of nitrogens with zero attached hydrogens (tertiary/aromatic N) is 3. The first-order valence-corrected chi connectivity index (χ1v) is 9.70. The molecule has 1 saturated heterocycles. The fourth-order valence-electron chi connectivity index (χ4n) is 3.72. The van der Waals surface area contributed by atoms with Gasteiger partial charge in [0.05, 0.1) is 11.7 Å². The Morgan fingerprint density at radius 3 is 2.89 bits per heavy atom. The van der Waals surface area contributed by atoms with Gasteiger partial charge in [-0.25, -0.2) is 9.97 Å². The number of fused-ring (bicyclic) bond motifs is 1. The van der Waals surface area contributed by atoms with Crippen LogP contribution in [0.25, 0.3) is 0 Å². The summed E-state index contributed by atoms with van der Waals surface area (Å²) in [6, 6.07) is 8.04. The SMILES string of the molecule is Cc1ccc(O[C@H](C)C(=O)N2CCc3nc([C@H]4CCCN4)ncc3C2)cc1. The molecule has 2 aliphatic heterocycles. The molecule has 2 atom stereocenters. The molecule has 0 spiro atoms. The summed E-state index contributed by atoms with van der Waals surface area (Å²) in [4.78, 5) is 24.0. The second kappa shape index (κ2) is 7.64. The van der Waals surface area contributed by atoms with Crippen molar-refractivity contribution in [3.63, 3.8) is 0 Å². The summed E-state index contributed by atoms with van der Waals surface area (Å²) in [5.41, 5.74) is 3.28. The van der Waals surface area contributed by atoms with E-state index in [0.717, 1.165) is 42.2 Å². The van der Waals surface area contributed by atoms with Crippen molar-refractivity contribution >= 4 is 5.91 Å². The average molecular weight is 366 g/mol. The van der Waals surface area contributed by atoms with Gasteiger partial charge in [-0.05, 0) is 45.4 Å². The molecule has 142 valence electrons. The highest BCUT2D eigenvalue weighted by Gasteiger charge is 2.28. The lowest BCUT2D eigenvalue weighted by Gasteiger charge is -2.30. The van der Waals surface area contributed by atoms with Crippen LogP contribution in [0.15, 0.2) is 30.5 Å². The number of amides is 1. The third-order valence-corrected chi connectivity index (χ3v) is 5.32. The molecule has 6 nitrogen and oxygen atoms in total. The minimum absolute atomic E-state index is 0.00256. The maximum Gasteiger partial charge on any atom is 0.263 e. The Bertz CT molecular complexity index is 815. The molecule has 1 amide bonds. The van der Waals surface area contributed by atoms with Crippen LogP contribution in [-0.4, -0.2) is 40.0 Å². The van der Waals surface area contributed by atoms with Gasteiger partial charge in [-0.1, -0.05) is 17.7 Å². The van der Waals surface area contributed by atoms with E-state index in [9.17, 15) is 4.79 Å². The molecule has 6 heteroatoms. The molecule has 0 bridgehead atoms. The van der Waals surface area contributed by atoms with E-state index in [1.165, 1.54) is 12.0 Å². The van der Waals surface area contributed by atoms with Crippen LogP contribution in [0.1, 0.15) is 48.5 Å². The Hall–Kier alpha value is -2.47. The number of carbonyl (C=O) groups is 1. The van der Waals surface area contributed by atoms with E-state index in [0.29, 0.717) is 13.1 Å². The Morgan fingerprint density at radius 1 is 1.33 bits per heavy atom. The first-order valence-electron chi connectivity index (χ1n) is 9.70. The summed E-state index contributed by atoms with van der Waals surface area (Å²) in [6.07, 6.45) is 4.41. The van der Waals surface area contributed by atoms with E-state index < -0.39 is 6.10 Å². The highest BCUT2D eigenvalue weighted by atomic mass is 16.5. The molecule has 0 unspecified atom stereocenters. The number of ether oxygens (including phenoxy) is 1. The van der Waals surface area contributed by atoms with Crippen LogP contribution in [0.4, 0.5) is 0 Å². The third-order valence-electron chi connectivity index (χ3n) is 5.32. The lowest BCUT2D eigenvalue weighted by atomic mass is 10.1. The molecule has 0 aliphatic carbocycles. The van der Waals surface area contributed by atoms with Gasteiger partial charge in [-0.3, -0.25) is 4.79 Å². The zero-order valence-electron chi connectivity index (χ0n) is 15.9. The predicted molar refractivity (Wildman–Crippen MR) is 102 cm³/mol. The van der Waals surface area contributed by atoms with Gasteiger partial charge in [0, 0.05) is 31.3 Å². The van der Waals surface area contributed by atoms with Crippen LogP contribution < -0.4 is 10.1 Å². The van der Waals surface area contributed by atoms with Gasteiger partial charge in [-0.15, -0.1) is 0 Å². The number of aromatic nitrogens is 2. The summed E-state index contributed by atoms with van der Waals surface area (Å²) in [5.74, 6) is 1.61. The van der Waals surface area contributed by atoms with Gasteiger partial charge in [0.2, 0.25) is 0 Å². The van der Waals surface area contributed by atoms with Crippen molar-refractivity contribution in [2.24, 2.45) is 0 Å². The van der Waals surface area contributed by atoms with Crippen LogP contribution in [0.5, 0.6) is 5.75 Å². The van der Waals surface area contributed by atoms with Crippen molar-refractivity contribution in [3.8, 4) is 5.75 Å². The lowest BCUT2D eigenvalue weighted by Crippen LogP contribution is -2.43. The molecule has 1 aromatic heterocycles. The molecule has 2 aliphatic rings. The fraction of sp³-hybridized carbons (Fsp3) is 0.476. The van der Waals surface area contributed by atoms with Gasteiger partial charge >= 0.3 is 0 Å². The highest BCUT2D eigenvalue weighted by molar-refractivity contribution is 5.81. The van der Waals surface area contributed by atoms with Crippen molar-refractivity contribution in [1.29, 1.82) is 0 Å². The summed E-state index contributed by atoms with van der Waals surface area (Å²) in [7, 11) is 0. The Morgan fingerprint density at radius 2 is 2.15 bits per heavy atom. The van der Waals surface area contributed by atoms with Crippen LogP contribution in [0.3, 0.4) is 0 Å². The quantitative estimate of drug-likeness (QED) is 0.901. The molecule has 1 aromatic carbocycles. The molecular formula is C21H26N4O2. The van der Waals surface area contributed by atoms with Crippen molar-refractivity contribution in [1.82, 2.24) is 20.2 Å². The molecule has 1 fully saturated rings. The number of hydrogen-bond acceptors (Lipinski definition) is 5. The first-order chi connectivity index (χ1) is 13.1. The number of benzene rings is 1. The summed E-state index contributed by atoms with van der Waals surface area (Å²) >= 11 is 0. The molecular weight excluding hydrogens is 340 g/mol. The second-order valence-electron chi connectivity index (χ2n) is 7.43. The van der Waals surface area contributed by atoms with Crippen LogP contribution in [0.2, 0.25) is 0 Å². The molecule has 4 rings (SSSR count). The standard InChI is InChI=1S/C21H26N4O2/c1-14-5-7-17(8-6-14)27-15(2)21(26)25-11-9-18-16(13-25)12-23-20(24-18)19-4-3-10-22-19/h5-8,12,15,19,22H,3-4,9-11,13H2,1-2H3/t15-,19-/m1/s1. The lowest BCUT2D eigenvalue weighted by molar-refractivity contribution is -0.138. The van der Waals surface area contributed by atoms with Gasteiger partial charge < -0.3 is 15.0 Å². The summed E-state index contributed by atoms with van der Waals surface area (Å²) in [6.45, 7) is 6.09. The van der Waals surface area contributed by atoms with Gasteiger partial charge in [-0.2, -0.15) is 0 Å². The van der Waals surface area contributed by atoms with Crippen LogP contribution in [0, 0.1) is 6.92 Å².